The molecular weight excluding hydrogens is 442 g/mol. The molecule has 1 saturated heterocycles. The first kappa shape index (κ1) is 22.9. The van der Waals surface area contributed by atoms with E-state index in [-0.39, 0.29) is 16.1 Å². The van der Waals surface area contributed by atoms with Crippen LogP contribution in [0.25, 0.3) is 10.2 Å². The molecule has 12 heteroatoms. The van der Waals surface area contributed by atoms with Crippen LogP contribution in [0, 0.1) is 6.92 Å². The molecule has 10 nitrogen and oxygen atoms in total. The molecule has 164 valence electrons. The Kier molecular flexibility index (Phi) is 7.39. The number of fused-ring (bicyclic) bond motifs is 1. The number of aryl methyl sites for hydroxylation is 2. The molecule has 3 aromatic heterocycles. The van der Waals surface area contributed by atoms with Gasteiger partial charge in [-0.2, -0.15) is 9.59 Å². The molecule has 4 heterocycles. The van der Waals surface area contributed by atoms with Crippen LogP contribution in [-0.2, 0) is 36.3 Å². The second-order valence-corrected chi connectivity index (χ2v) is 9.95. The largest absolute Gasteiger partial charge is 0.378 e. The van der Waals surface area contributed by atoms with Crippen LogP contribution in [0.1, 0.15) is 24.1 Å². The number of thiophene rings is 1. The highest BCUT2D eigenvalue weighted by Crippen LogP contribution is 2.35. The molecule has 1 fully saturated rings. The number of nitrogens with zero attached hydrogens (tertiary/aromatic N) is 5. The monoisotopic (exact) mass is 463 g/mol. The maximum atomic E-state index is 12.9. The highest BCUT2D eigenvalue weighted by Gasteiger charge is 2.24. The first-order valence-corrected chi connectivity index (χ1v) is 12.0. The van der Waals surface area contributed by atoms with Gasteiger partial charge in [0.1, 0.15) is 21.6 Å². The Hall–Kier alpha value is -2.79. The van der Waals surface area contributed by atoms with E-state index in [1.165, 1.54) is 11.3 Å². The minimum atomic E-state index is -3.57. The van der Waals surface area contributed by atoms with Crippen LogP contribution < -0.4 is 4.90 Å². The number of aromatic nitrogens is 4. The number of morpholine rings is 1. The lowest BCUT2D eigenvalue weighted by Crippen LogP contribution is -2.36. The number of sulfone groups is 1. The SMILES string of the molecule is CCc1cnc(CS(=O)(=O)c2cc3nc(C)nc(N4CCOCC4)c3s2)nc1.O=C=O. The van der Waals surface area contributed by atoms with Gasteiger partial charge in [-0.1, -0.05) is 6.92 Å². The van der Waals surface area contributed by atoms with E-state index in [0.717, 1.165) is 35.6 Å². The average molecular weight is 464 g/mol. The van der Waals surface area contributed by atoms with Gasteiger partial charge in [0.2, 0.25) is 0 Å². The second-order valence-electron chi connectivity index (χ2n) is 6.68. The third-order valence-electron chi connectivity index (χ3n) is 4.55. The standard InChI is InChI=1S/C18H21N5O3S2.CO2/c1-3-13-9-19-15(20-10-13)11-28(24,25)16-8-14-17(27-16)18(22-12(2)21-14)23-4-6-26-7-5-23;2-1-3/h8-10H,3-7,11H2,1-2H3;. The second kappa shape index (κ2) is 10.0. The van der Waals surface area contributed by atoms with E-state index in [1.807, 2.05) is 13.8 Å². The molecule has 3 aromatic rings. The molecule has 1 aliphatic rings. The van der Waals surface area contributed by atoms with Gasteiger partial charge in [-0.3, -0.25) is 0 Å². The van der Waals surface area contributed by atoms with Gasteiger partial charge in [-0.25, -0.2) is 28.4 Å². The number of ether oxygens (including phenoxy) is 1. The fourth-order valence-electron chi connectivity index (χ4n) is 3.03. The summed E-state index contributed by atoms with van der Waals surface area (Å²) in [5.74, 6) is 1.46. The minimum absolute atomic E-state index is 0.233. The fourth-order valence-corrected chi connectivity index (χ4v) is 5.73. The predicted molar refractivity (Wildman–Crippen MR) is 112 cm³/mol. The number of hydrogen-bond acceptors (Lipinski definition) is 11. The van der Waals surface area contributed by atoms with Gasteiger partial charge in [0, 0.05) is 25.5 Å². The van der Waals surface area contributed by atoms with Crippen molar-refractivity contribution in [3.05, 3.63) is 35.7 Å². The molecular formula is C19H21N5O5S2. The van der Waals surface area contributed by atoms with Crippen LogP contribution in [0.4, 0.5) is 5.82 Å². The quantitative estimate of drug-likeness (QED) is 0.549. The van der Waals surface area contributed by atoms with Crippen molar-refractivity contribution in [2.24, 2.45) is 0 Å². The zero-order valence-electron chi connectivity index (χ0n) is 17.1. The molecule has 0 N–H and O–H groups in total. The van der Waals surface area contributed by atoms with Gasteiger partial charge < -0.3 is 9.64 Å². The van der Waals surface area contributed by atoms with Crippen LogP contribution in [0.15, 0.2) is 22.7 Å². The molecule has 0 atom stereocenters. The van der Waals surface area contributed by atoms with Crippen LogP contribution in [0.5, 0.6) is 0 Å². The maximum Gasteiger partial charge on any atom is 0.373 e. The lowest BCUT2D eigenvalue weighted by Gasteiger charge is -2.28. The summed E-state index contributed by atoms with van der Waals surface area (Å²) >= 11 is 1.21. The van der Waals surface area contributed by atoms with Gasteiger partial charge in [-0.15, -0.1) is 11.3 Å². The number of rotatable bonds is 5. The van der Waals surface area contributed by atoms with Gasteiger partial charge >= 0.3 is 6.15 Å². The first-order valence-electron chi connectivity index (χ1n) is 9.50. The van der Waals surface area contributed by atoms with Crippen molar-refractivity contribution in [1.82, 2.24) is 19.9 Å². The molecule has 4 rings (SSSR count). The number of hydrogen-bond donors (Lipinski definition) is 0. The summed E-state index contributed by atoms with van der Waals surface area (Å²) in [6.07, 6.45) is 4.41. The summed E-state index contributed by atoms with van der Waals surface area (Å²) in [5.41, 5.74) is 1.63. The first-order chi connectivity index (χ1) is 14.9. The van der Waals surface area contributed by atoms with Crippen LogP contribution >= 0.6 is 11.3 Å². The fraction of sp³-hybridized carbons (Fsp3) is 0.421. The molecule has 0 amide bonds. The summed E-state index contributed by atoms with van der Waals surface area (Å²) in [4.78, 5) is 35.8. The van der Waals surface area contributed by atoms with Crippen LogP contribution in [0.3, 0.4) is 0 Å². The summed E-state index contributed by atoms with van der Waals surface area (Å²) in [6, 6.07) is 1.63. The lowest BCUT2D eigenvalue weighted by molar-refractivity contribution is -0.191. The lowest BCUT2D eigenvalue weighted by atomic mass is 10.3. The zero-order chi connectivity index (χ0) is 22.4. The Balaban J connectivity index is 0.000000858. The Morgan fingerprint density at radius 2 is 1.81 bits per heavy atom. The van der Waals surface area contributed by atoms with Gasteiger partial charge in [0.15, 0.2) is 15.7 Å². The molecule has 0 spiro atoms. The molecule has 0 bridgehead atoms. The topological polar surface area (TPSA) is 132 Å². The van der Waals surface area contributed by atoms with Crippen molar-refractivity contribution in [3.63, 3.8) is 0 Å². The minimum Gasteiger partial charge on any atom is -0.378 e. The average Bonchev–Trinajstić information content (AvgIpc) is 3.20. The van der Waals surface area contributed by atoms with Crippen molar-refractivity contribution in [1.29, 1.82) is 0 Å². The van der Waals surface area contributed by atoms with E-state index < -0.39 is 9.84 Å². The van der Waals surface area contributed by atoms with Crippen molar-refractivity contribution in [3.8, 4) is 0 Å². The van der Waals surface area contributed by atoms with E-state index in [1.54, 1.807) is 18.5 Å². The van der Waals surface area contributed by atoms with Crippen LogP contribution in [0.2, 0.25) is 0 Å². The smallest absolute Gasteiger partial charge is 0.373 e. The Morgan fingerprint density at radius 1 is 1.16 bits per heavy atom. The third-order valence-corrected chi connectivity index (χ3v) is 7.84. The molecule has 1 aliphatic heterocycles. The zero-order valence-corrected chi connectivity index (χ0v) is 18.7. The molecule has 0 aromatic carbocycles. The van der Waals surface area contributed by atoms with Gasteiger partial charge in [0.25, 0.3) is 0 Å². The van der Waals surface area contributed by atoms with E-state index >= 15 is 0 Å². The Bertz CT molecular complexity index is 1180. The van der Waals surface area contributed by atoms with Gasteiger partial charge in [-0.05, 0) is 25.0 Å². The summed E-state index contributed by atoms with van der Waals surface area (Å²) in [6.45, 7) is 6.53. The highest BCUT2D eigenvalue weighted by atomic mass is 32.2. The summed E-state index contributed by atoms with van der Waals surface area (Å²) in [5, 5.41) is 0. The van der Waals surface area contributed by atoms with Crippen molar-refractivity contribution < 1.29 is 22.7 Å². The summed E-state index contributed by atoms with van der Waals surface area (Å²) < 4.78 is 32.4. The maximum absolute atomic E-state index is 12.9. The number of carbonyl (C=O) groups excluding carboxylic acids is 2. The third kappa shape index (κ3) is 5.47. The normalized spacial score (nSPS) is 14.1. The van der Waals surface area contributed by atoms with Crippen molar-refractivity contribution >= 4 is 43.4 Å². The molecule has 0 saturated carbocycles. The Morgan fingerprint density at radius 3 is 2.42 bits per heavy atom. The molecule has 31 heavy (non-hydrogen) atoms. The van der Waals surface area contributed by atoms with Crippen LogP contribution in [-0.4, -0.2) is 60.8 Å². The van der Waals surface area contributed by atoms with E-state index in [9.17, 15) is 8.42 Å². The van der Waals surface area contributed by atoms with Crippen molar-refractivity contribution in [2.75, 3.05) is 31.2 Å². The summed E-state index contributed by atoms with van der Waals surface area (Å²) in [7, 11) is -3.57. The number of anilines is 1. The molecule has 0 aliphatic carbocycles. The Labute approximate surface area is 183 Å². The van der Waals surface area contributed by atoms with Crippen molar-refractivity contribution in [2.45, 2.75) is 30.2 Å². The predicted octanol–water partition coefficient (Wildman–Crippen LogP) is 1.58. The van der Waals surface area contributed by atoms with E-state index in [2.05, 4.69) is 24.8 Å². The van der Waals surface area contributed by atoms with Gasteiger partial charge in [0.05, 0.1) is 23.4 Å². The van der Waals surface area contributed by atoms with E-state index in [0.29, 0.717) is 30.4 Å². The molecule has 0 unspecified atom stereocenters. The molecule has 0 radical (unpaired) electrons. The van der Waals surface area contributed by atoms with E-state index in [4.69, 9.17) is 14.3 Å². The highest BCUT2D eigenvalue weighted by molar-refractivity contribution is 7.92.